The van der Waals surface area contributed by atoms with Crippen LogP contribution in [0.1, 0.15) is 54.9 Å². The molecular formula is C30H38O2. The van der Waals surface area contributed by atoms with E-state index in [-0.39, 0.29) is 0 Å². The van der Waals surface area contributed by atoms with E-state index in [0.29, 0.717) is 6.61 Å². The number of aryl methyl sites for hydroxylation is 3. The molecule has 2 nitrogen and oxygen atoms in total. The monoisotopic (exact) mass is 430 g/mol. The largest absolute Gasteiger partial charge is 0.493 e. The van der Waals surface area contributed by atoms with Crippen LogP contribution in [-0.2, 0) is 6.61 Å². The summed E-state index contributed by atoms with van der Waals surface area (Å²) in [5.41, 5.74) is 5.02. The first-order valence-corrected chi connectivity index (χ1v) is 11.9. The molecule has 0 saturated heterocycles. The van der Waals surface area contributed by atoms with E-state index in [4.69, 9.17) is 9.47 Å². The van der Waals surface area contributed by atoms with Crippen LogP contribution < -0.4 is 9.47 Å². The summed E-state index contributed by atoms with van der Waals surface area (Å²) in [6, 6.07) is 24.9. The van der Waals surface area contributed by atoms with Crippen molar-refractivity contribution in [1.82, 2.24) is 0 Å². The van der Waals surface area contributed by atoms with E-state index in [0.717, 1.165) is 29.9 Å². The Labute approximate surface area is 194 Å². The lowest BCUT2D eigenvalue weighted by molar-refractivity contribution is 0.188. The molecule has 0 heterocycles. The second kappa shape index (κ2) is 12.3. The Kier molecular flexibility index (Phi) is 9.22. The molecule has 1 saturated carbocycles. The number of ether oxygens (including phenoxy) is 2. The lowest BCUT2D eigenvalue weighted by Crippen LogP contribution is -2.18. The summed E-state index contributed by atoms with van der Waals surface area (Å²) in [7, 11) is 0. The van der Waals surface area contributed by atoms with Crippen LogP contribution in [0.15, 0.2) is 72.8 Å². The summed E-state index contributed by atoms with van der Waals surface area (Å²) in [6.45, 7) is 10.1. The number of hydrogen-bond donors (Lipinski definition) is 0. The van der Waals surface area contributed by atoms with Gasteiger partial charge in [0.15, 0.2) is 0 Å². The summed E-state index contributed by atoms with van der Waals surface area (Å²) in [4.78, 5) is 0. The van der Waals surface area contributed by atoms with Crippen LogP contribution in [0.5, 0.6) is 11.5 Å². The first kappa shape index (κ1) is 23.9. The molecule has 1 aliphatic carbocycles. The maximum Gasteiger partial charge on any atom is 0.119 e. The van der Waals surface area contributed by atoms with Crippen molar-refractivity contribution in [3.05, 3.63) is 95.1 Å². The second-order valence-corrected chi connectivity index (χ2v) is 9.34. The molecule has 0 bridgehead atoms. The molecule has 1 fully saturated rings. The molecule has 0 amide bonds. The second-order valence-electron chi connectivity index (χ2n) is 9.34. The maximum atomic E-state index is 5.84. The summed E-state index contributed by atoms with van der Waals surface area (Å²) < 4.78 is 11.5. The van der Waals surface area contributed by atoms with E-state index in [2.05, 4.69) is 88.4 Å². The average molecular weight is 431 g/mol. The third kappa shape index (κ3) is 8.42. The molecule has 0 atom stereocenters. The van der Waals surface area contributed by atoms with Gasteiger partial charge in [-0.3, -0.25) is 0 Å². The van der Waals surface area contributed by atoms with Gasteiger partial charge in [0.05, 0.1) is 6.61 Å². The number of rotatable bonds is 6. The standard InChI is InChI=1S/C15H22O.C15H16O/c2*1-12-3-7-14(8-4-12)11-16-15-9-5-13(2)6-10-15/h5-6,9-10,12,14H,3-4,7-8,11H2,1-2H3;3-10H,11H2,1-2H3. The highest BCUT2D eigenvalue weighted by Gasteiger charge is 2.18. The Morgan fingerprint density at radius 1 is 0.594 bits per heavy atom. The van der Waals surface area contributed by atoms with Crippen molar-refractivity contribution in [2.24, 2.45) is 11.8 Å². The fourth-order valence-electron chi connectivity index (χ4n) is 3.83. The Balaban J connectivity index is 0.000000181. The van der Waals surface area contributed by atoms with Crippen LogP contribution in [0.4, 0.5) is 0 Å². The van der Waals surface area contributed by atoms with E-state index in [9.17, 15) is 0 Å². The molecule has 4 rings (SSSR count). The molecule has 2 heteroatoms. The summed E-state index contributed by atoms with van der Waals surface area (Å²) in [5.74, 6) is 3.64. The lowest BCUT2D eigenvalue weighted by atomic mass is 9.83. The van der Waals surface area contributed by atoms with E-state index in [1.807, 2.05) is 12.1 Å². The first-order valence-electron chi connectivity index (χ1n) is 11.9. The first-order chi connectivity index (χ1) is 15.5. The lowest BCUT2D eigenvalue weighted by Gasteiger charge is -2.26. The summed E-state index contributed by atoms with van der Waals surface area (Å²) in [6.07, 6.45) is 5.43. The summed E-state index contributed by atoms with van der Waals surface area (Å²) >= 11 is 0. The molecule has 0 spiro atoms. The van der Waals surface area contributed by atoms with Crippen LogP contribution in [0.25, 0.3) is 0 Å². The quantitative estimate of drug-likeness (QED) is 0.393. The van der Waals surface area contributed by atoms with Gasteiger partial charge in [0, 0.05) is 0 Å². The summed E-state index contributed by atoms with van der Waals surface area (Å²) in [5, 5.41) is 0. The molecule has 32 heavy (non-hydrogen) atoms. The Morgan fingerprint density at radius 3 is 1.53 bits per heavy atom. The predicted octanol–water partition coefficient (Wildman–Crippen LogP) is 8.08. The van der Waals surface area contributed by atoms with Gasteiger partial charge in [-0.1, -0.05) is 85.0 Å². The van der Waals surface area contributed by atoms with Crippen molar-refractivity contribution in [2.45, 2.75) is 60.0 Å². The van der Waals surface area contributed by atoms with Crippen LogP contribution in [0.3, 0.4) is 0 Å². The zero-order valence-corrected chi connectivity index (χ0v) is 20.1. The predicted molar refractivity (Wildman–Crippen MR) is 134 cm³/mol. The average Bonchev–Trinajstić information content (AvgIpc) is 2.81. The zero-order valence-electron chi connectivity index (χ0n) is 20.1. The van der Waals surface area contributed by atoms with Gasteiger partial charge in [0.1, 0.15) is 18.1 Å². The van der Waals surface area contributed by atoms with E-state index >= 15 is 0 Å². The molecule has 0 radical (unpaired) electrons. The molecule has 3 aromatic rings. The van der Waals surface area contributed by atoms with Crippen molar-refractivity contribution in [3.8, 4) is 11.5 Å². The molecule has 0 unspecified atom stereocenters. The van der Waals surface area contributed by atoms with E-state index < -0.39 is 0 Å². The van der Waals surface area contributed by atoms with Crippen molar-refractivity contribution < 1.29 is 9.47 Å². The number of benzene rings is 3. The molecule has 1 aliphatic rings. The van der Waals surface area contributed by atoms with Gasteiger partial charge in [-0.2, -0.15) is 0 Å². The highest BCUT2D eigenvalue weighted by Crippen LogP contribution is 2.28. The highest BCUT2D eigenvalue weighted by atomic mass is 16.5. The molecular weight excluding hydrogens is 392 g/mol. The fraction of sp³-hybridized carbons (Fsp3) is 0.400. The SMILES string of the molecule is Cc1ccc(COc2ccc(C)cc2)cc1.Cc1ccc(OCC2CCC(C)CC2)cc1. The van der Waals surface area contributed by atoms with Gasteiger partial charge in [-0.05, 0) is 75.3 Å². The van der Waals surface area contributed by atoms with Crippen molar-refractivity contribution in [2.75, 3.05) is 6.61 Å². The minimum atomic E-state index is 0.628. The Hall–Kier alpha value is -2.74. The van der Waals surface area contributed by atoms with Crippen LogP contribution in [0, 0.1) is 32.6 Å². The Bertz CT molecular complexity index is 857. The topological polar surface area (TPSA) is 18.5 Å². The fourth-order valence-corrected chi connectivity index (χ4v) is 3.83. The van der Waals surface area contributed by atoms with Crippen LogP contribution in [-0.4, -0.2) is 6.61 Å². The third-order valence-corrected chi connectivity index (χ3v) is 6.19. The molecule has 170 valence electrons. The highest BCUT2D eigenvalue weighted by molar-refractivity contribution is 5.28. The van der Waals surface area contributed by atoms with Gasteiger partial charge >= 0.3 is 0 Å². The molecule has 0 N–H and O–H groups in total. The van der Waals surface area contributed by atoms with E-state index in [1.165, 1.54) is 47.9 Å². The van der Waals surface area contributed by atoms with Crippen molar-refractivity contribution in [3.63, 3.8) is 0 Å². The number of hydrogen-bond acceptors (Lipinski definition) is 2. The van der Waals surface area contributed by atoms with Gasteiger partial charge < -0.3 is 9.47 Å². The van der Waals surface area contributed by atoms with Crippen molar-refractivity contribution in [1.29, 1.82) is 0 Å². The van der Waals surface area contributed by atoms with Gasteiger partial charge in [-0.15, -0.1) is 0 Å². The molecule has 3 aromatic carbocycles. The van der Waals surface area contributed by atoms with Gasteiger partial charge in [-0.25, -0.2) is 0 Å². The third-order valence-electron chi connectivity index (χ3n) is 6.19. The molecule has 0 aliphatic heterocycles. The van der Waals surface area contributed by atoms with Crippen molar-refractivity contribution >= 4 is 0 Å². The van der Waals surface area contributed by atoms with Crippen LogP contribution >= 0.6 is 0 Å². The molecule has 0 aromatic heterocycles. The minimum Gasteiger partial charge on any atom is -0.493 e. The normalized spacial score (nSPS) is 17.8. The minimum absolute atomic E-state index is 0.628. The van der Waals surface area contributed by atoms with Crippen LogP contribution in [0.2, 0.25) is 0 Å². The Morgan fingerprint density at radius 2 is 1.03 bits per heavy atom. The van der Waals surface area contributed by atoms with E-state index in [1.54, 1.807) is 0 Å². The van der Waals surface area contributed by atoms with Gasteiger partial charge in [0.25, 0.3) is 0 Å². The smallest absolute Gasteiger partial charge is 0.119 e. The zero-order chi connectivity index (χ0) is 22.8. The maximum absolute atomic E-state index is 5.84. The van der Waals surface area contributed by atoms with Gasteiger partial charge in [0.2, 0.25) is 0 Å².